The third kappa shape index (κ3) is 1.36. The fraction of sp³-hybridized carbons (Fsp3) is 1.00. The van der Waals surface area contributed by atoms with Gasteiger partial charge in [-0.25, -0.2) is 0 Å². The molecule has 0 unspecified atom stereocenters. The van der Waals surface area contributed by atoms with Crippen molar-refractivity contribution in [3.63, 3.8) is 0 Å². The third-order valence-electron chi connectivity index (χ3n) is 4.40. The van der Waals surface area contributed by atoms with Crippen LogP contribution in [0.2, 0.25) is 0 Å². The second kappa shape index (κ2) is 3.40. The molecule has 5 atom stereocenters. The van der Waals surface area contributed by atoms with E-state index < -0.39 is 28.7 Å². The van der Waals surface area contributed by atoms with Crippen molar-refractivity contribution in [2.75, 3.05) is 7.11 Å². The Labute approximate surface area is 96.0 Å². The van der Waals surface area contributed by atoms with E-state index in [1.807, 2.05) is 0 Å². The Hall–Kier alpha value is -0.200. The van der Waals surface area contributed by atoms with Crippen LogP contribution < -0.4 is 0 Å². The van der Waals surface area contributed by atoms with Crippen LogP contribution in [0.15, 0.2) is 0 Å². The van der Waals surface area contributed by atoms with Crippen LogP contribution in [-0.4, -0.2) is 51.1 Å². The van der Waals surface area contributed by atoms with E-state index in [1.54, 1.807) is 6.92 Å². The Bertz CT molecular complexity index is 278. The molecule has 1 rings (SSSR count). The predicted octanol–water partition coefficient (Wildman–Crippen LogP) is 0.0207. The van der Waals surface area contributed by atoms with Gasteiger partial charge in [0.1, 0.15) is 16.8 Å². The van der Waals surface area contributed by atoms with Gasteiger partial charge in [0, 0.05) is 7.11 Å². The monoisotopic (exact) mass is 234 g/mol. The second-order valence-electron chi connectivity index (χ2n) is 5.20. The molecule has 1 aliphatic rings. The van der Waals surface area contributed by atoms with Gasteiger partial charge in [-0.3, -0.25) is 0 Å². The van der Waals surface area contributed by atoms with E-state index in [2.05, 4.69) is 0 Å². The van der Waals surface area contributed by atoms with Gasteiger partial charge < -0.3 is 24.8 Å². The normalized spacial score (nSPS) is 58.7. The number of rotatable bonds is 1. The summed E-state index contributed by atoms with van der Waals surface area (Å²) in [7, 11) is 1.39. The Morgan fingerprint density at radius 3 is 1.81 bits per heavy atom. The highest BCUT2D eigenvalue weighted by molar-refractivity contribution is 5.16. The molecule has 1 fully saturated rings. The summed E-state index contributed by atoms with van der Waals surface area (Å²) in [5.74, 6) is -1.38. The van der Waals surface area contributed by atoms with Gasteiger partial charge in [0.05, 0.1) is 6.10 Å². The maximum Gasteiger partial charge on any atom is 0.197 e. The van der Waals surface area contributed by atoms with Crippen molar-refractivity contribution in [1.82, 2.24) is 0 Å². The average molecular weight is 234 g/mol. The van der Waals surface area contributed by atoms with Crippen LogP contribution in [0.25, 0.3) is 0 Å². The van der Waals surface area contributed by atoms with Gasteiger partial charge in [0.25, 0.3) is 0 Å². The highest BCUT2D eigenvalue weighted by Gasteiger charge is 2.69. The number of aliphatic hydroxyl groups is 3. The number of hydrogen-bond acceptors (Lipinski definition) is 5. The summed E-state index contributed by atoms with van der Waals surface area (Å²) in [5.41, 5.74) is -5.08. The van der Waals surface area contributed by atoms with Crippen LogP contribution in [0.3, 0.4) is 0 Å². The molecule has 0 aromatic carbocycles. The lowest BCUT2D eigenvalue weighted by molar-refractivity contribution is -0.424. The highest BCUT2D eigenvalue weighted by Crippen LogP contribution is 2.49. The van der Waals surface area contributed by atoms with Gasteiger partial charge in [0.2, 0.25) is 0 Å². The fourth-order valence-corrected chi connectivity index (χ4v) is 2.14. The first-order chi connectivity index (χ1) is 6.94. The molecule has 1 heterocycles. The first kappa shape index (κ1) is 13.9. The first-order valence-corrected chi connectivity index (χ1v) is 5.34. The van der Waals surface area contributed by atoms with Gasteiger partial charge in [0.15, 0.2) is 5.79 Å². The van der Waals surface area contributed by atoms with Crippen LogP contribution in [0, 0.1) is 0 Å². The van der Waals surface area contributed by atoms with Crippen molar-refractivity contribution in [2.45, 2.75) is 63.3 Å². The smallest absolute Gasteiger partial charge is 0.197 e. The summed E-state index contributed by atoms with van der Waals surface area (Å²) in [6.45, 7) is 7.36. The molecule has 3 N–H and O–H groups in total. The lowest BCUT2D eigenvalue weighted by atomic mass is 9.65. The number of methoxy groups -OCH3 is 1. The summed E-state index contributed by atoms with van der Waals surface area (Å²) in [5, 5.41) is 31.1. The topological polar surface area (TPSA) is 79.2 Å². The van der Waals surface area contributed by atoms with Crippen molar-refractivity contribution < 1.29 is 24.8 Å². The van der Waals surface area contributed by atoms with E-state index in [0.29, 0.717) is 0 Å². The quantitative estimate of drug-likeness (QED) is 0.596. The van der Waals surface area contributed by atoms with Gasteiger partial charge >= 0.3 is 0 Å². The third-order valence-corrected chi connectivity index (χ3v) is 4.40. The molecule has 5 nitrogen and oxygen atoms in total. The van der Waals surface area contributed by atoms with Crippen LogP contribution in [-0.2, 0) is 9.47 Å². The molecule has 0 spiro atoms. The molecular weight excluding hydrogens is 212 g/mol. The first-order valence-electron chi connectivity index (χ1n) is 5.34. The molecule has 5 heteroatoms. The largest absolute Gasteiger partial charge is 0.384 e. The average Bonchev–Trinajstić information content (AvgIpc) is 2.14. The summed E-state index contributed by atoms with van der Waals surface area (Å²) >= 11 is 0. The van der Waals surface area contributed by atoms with Crippen LogP contribution in [0.1, 0.15) is 34.6 Å². The number of hydrogen-bond donors (Lipinski definition) is 3. The standard InChI is InChI=1S/C11H22O5/c1-7-8(2,12)9(3,13)10(4,14)11(5,15-6)16-7/h7,12-14H,1-6H3/t7-,8+,9-,10-,11+/m1/s1. The lowest BCUT2D eigenvalue weighted by Crippen LogP contribution is -2.80. The zero-order valence-electron chi connectivity index (χ0n) is 10.7. The Kier molecular flexibility index (Phi) is 2.94. The van der Waals surface area contributed by atoms with Crippen molar-refractivity contribution in [1.29, 1.82) is 0 Å². The molecule has 0 bridgehead atoms. The second-order valence-corrected chi connectivity index (χ2v) is 5.20. The van der Waals surface area contributed by atoms with E-state index in [-0.39, 0.29) is 0 Å². The van der Waals surface area contributed by atoms with Crippen LogP contribution >= 0.6 is 0 Å². The van der Waals surface area contributed by atoms with Crippen molar-refractivity contribution >= 4 is 0 Å². The van der Waals surface area contributed by atoms with E-state index in [9.17, 15) is 15.3 Å². The summed E-state index contributed by atoms with van der Waals surface area (Å²) in [6, 6.07) is 0. The minimum Gasteiger partial charge on any atom is -0.384 e. The Balaban J connectivity index is 3.32. The molecule has 0 aromatic rings. The maximum absolute atomic E-state index is 10.4. The molecule has 0 radical (unpaired) electrons. The maximum atomic E-state index is 10.4. The van der Waals surface area contributed by atoms with Gasteiger partial charge in [-0.1, -0.05) is 0 Å². The number of ether oxygens (including phenoxy) is 2. The summed E-state index contributed by atoms with van der Waals surface area (Å²) < 4.78 is 10.7. The van der Waals surface area contributed by atoms with Gasteiger partial charge in [-0.2, -0.15) is 0 Å². The summed E-state index contributed by atoms with van der Waals surface area (Å²) in [4.78, 5) is 0. The van der Waals surface area contributed by atoms with Crippen molar-refractivity contribution in [2.24, 2.45) is 0 Å². The van der Waals surface area contributed by atoms with Gasteiger partial charge in [-0.05, 0) is 34.6 Å². The zero-order valence-corrected chi connectivity index (χ0v) is 10.7. The zero-order chi connectivity index (χ0) is 13.0. The highest BCUT2D eigenvalue weighted by atomic mass is 16.7. The van der Waals surface area contributed by atoms with Crippen LogP contribution in [0.4, 0.5) is 0 Å². The van der Waals surface area contributed by atoms with Crippen LogP contribution in [0.5, 0.6) is 0 Å². The molecule has 0 saturated carbocycles. The minimum atomic E-state index is -1.76. The SMILES string of the molecule is CO[C@@]1(C)O[C@H](C)[C@](C)(O)[C@@](C)(O)[C@@]1(C)O. The molecule has 16 heavy (non-hydrogen) atoms. The Morgan fingerprint density at radius 1 is 1.00 bits per heavy atom. The van der Waals surface area contributed by atoms with E-state index in [1.165, 1.54) is 34.8 Å². The fourth-order valence-electron chi connectivity index (χ4n) is 2.14. The predicted molar refractivity (Wildman–Crippen MR) is 57.8 cm³/mol. The van der Waals surface area contributed by atoms with E-state index in [0.717, 1.165) is 0 Å². The van der Waals surface area contributed by atoms with E-state index in [4.69, 9.17) is 9.47 Å². The Morgan fingerprint density at radius 2 is 1.44 bits per heavy atom. The lowest BCUT2D eigenvalue weighted by Gasteiger charge is -2.60. The molecular formula is C11H22O5. The van der Waals surface area contributed by atoms with Crippen molar-refractivity contribution in [3.8, 4) is 0 Å². The van der Waals surface area contributed by atoms with Crippen molar-refractivity contribution in [3.05, 3.63) is 0 Å². The molecule has 0 aromatic heterocycles. The molecule has 96 valence electrons. The molecule has 0 aliphatic carbocycles. The van der Waals surface area contributed by atoms with Gasteiger partial charge in [-0.15, -0.1) is 0 Å². The molecule has 0 amide bonds. The molecule has 1 saturated heterocycles. The minimum absolute atomic E-state index is 0.673. The summed E-state index contributed by atoms with van der Waals surface area (Å²) in [6.07, 6.45) is -0.673. The molecule has 1 aliphatic heterocycles. The van der Waals surface area contributed by atoms with E-state index >= 15 is 0 Å².